The molecule has 2 fully saturated rings. The molecule has 1 saturated heterocycles. The number of sulfonamides is 1. The number of nitrogens with zero attached hydrogens (tertiary/aromatic N) is 1. The van der Waals surface area contributed by atoms with Gasteiger partial charge in [-0.05, 0) is 30.5 Å². The van der Waals surface area contributed by atoms with Crippen LogP contribution < -0.4 is 11.1 Å². The van der Waals surface area contributed by atoms with Crippen LogP contribution in [0.1, 0.15) is 49.0 Å². The summed E-state index contributed by atoms with van der Waals surface area (Å²) in [6.45, 7) is 0.583. The molecule has 33 heavy (non-hydrogen) atoms. The average molecular weight is 541 g/mol. The number of rotatable bonds is 7. The van der Waals surface area contributed by atoms with Gasteiger partial charge in [0.25, 0.3) is 11.8 Å². The molecule has 1 aromatic carbocycles. The molecule has 0 bridgehead atoms. The van der Waals surface area contributed by atoms with E-state index in [1.54, 1.807) is 18.2 Å². The lowest BCUT2D eigenvalue weighted by atomic mass is 9.87. The smallest absolute Gasteiger partial charge is 0.266 e. The summed E-state index contributed by atoms with van der Waals surface area (Å²) in [7, 11) is -4.12. The van der Waals surface area contributed by atoms with Gasteiger partial charge in [0.15, 0.2) is 0 Å². The zero-order valence-corrected chi connectivity index (χ0v) is 20.7. The minimum atomic E-state index is -4.12. The average Bonchev–Trinajstić information content (AvgIpc) is 3.19. The predicted octanol–water partition coefficient (Wildman–Crippen LogP) is 2.51. The number of primary amides is 1. The Kier molecular flexibility index (Phi) is 7.42. The zero-order chi connectivity index (χ0) is 23.6. The normalized spacial score (nSPS) is 20.7. The summed E-state index contributed by atoms with van der Waals surface area (Å²) < 4.78 is 34.6. The number of hydrogen-bond donors (Lipinski definition) is 3. The number of carbonyl (C=O) groups excluding carboxylic acids is 2. The summed E-state index contributed by atoms with van der Waals surface area (Å²) in [4.78, 5) is 27.4. The minimum absolute atomic E-state index is 0.0765. The molecule has 180 valence electrons. The number of aromatic nitrogens is 1. The van der Waals surface area contributed by atoms with E-state index >= 15 is 0 Å². The lowest BCUT2D eigenvalue weighted by Crippen LogP contribution is -2.51. The molecule has 1 unspecified atom stereocenters. The number of nitrogens with two attached hydrogens (primary N) is 1. The molecule has 1 aliphatic carbocycles. The van der Waals surface area contributed by atoms with Crippen LogP contribution >= 0.6 is 15.9 Å². The van der Waals surface area contributed by atoms with E-state index in [0.717, 1.165) is 6.42 Å². The van der Waals surface area contributed by atoms with E-state index < -0.39 is 22.0 Å². The molecule has 1 aromatic heterocycles. The molecular weight excluding hydrogens is 512 g/mol. The first kappa shape index (κ1) is 24.2. The fraction of sp³-hybridized carbons (Fsp3) is 0.545. The highest BCUT2D eigenvalue weighted by Crippen LogP contribution is 2.32. The van der Waals surface area contributed by atoms with Crippen LogP contribution in [0.2, 0.25) is 0 Å². The Morgan fingerprint density at radius 3 is 2.73 bits per heavy atom. The number of benzene rings is 1. The van der Waals surface area contributed by atoms with Gasteiger partial charge in [-0.25, -0.2) is 8.42 Å². The highest BCUT2D eigenvalue weighted by molar-refractivity contribution is 9.10. The van der Waals surface area contributed by atoms with E-state index in [0.29, 0.717) is 27.8 Å². The Morgan fingerprint density at radius 2 is 2.00 bits per heavy atom. The third kappa shape index (κ3) is 5.26. The summed E-state index contributed by atoms with van der Waals surface area (Å²) in [6.07, 6.45) is 6.19. The number of fused-ring (bicyclic) bond motifs is 1. The molecule has 2 aliphatic rings. The molecule has 9 nitrogen and oxygen atoms in total. The highest BCUT2D eigenvalue weighted by atomic mass is 79.9. The van der Waals surface area contributed by atoms with Gasteiger partial charge in [0, 0.05) is 35.0 Å². The standard InChI is InChI=1S/C22H29BrN4O5S/c23-15-6-7-17-16(12-15)20(19(26-17)21(24)28)33(30,31)27-10-11-32-18(13-27)22(29)25-9-8-14-4-2-1-3-5-14/h6-7,12,14,18,26H,1-5,8-11,13H2,(H2,24,28)(H,25,29). The molecule has 1 aliphatic heterocycles. The molecular formula is C22H29BrN4O5S. The van der Waals surface area contributed by atoms with Gasteiger partial charge in [0.05, 0.1) is 6.61 Å². The summed E-state index contributed by atoms with van der Waals surface area (Å²) >= 11 is 3.35. The van der Waals surface area contributed by atoms with Crippen LogP contribution in [0.25, 0.3) is 10.9 Å². The SMILES string of the molecule is NC(=O)c1[nH]c2ccc(Br)cc2c1S(=O)(=O)N1CCOC(C(=O)NCCC2CCCCC2)C1. The Morgan fingerprint density at radius 1 is 1.24 bits per heavy atom. The van der Waals surface area contributed by atoms with Gasteiger partial charge >= 0.3 is 0 Å². The van der Waals surface area contributed by atoms with Crippen LogP contribution in [0, 0.1) is 5.92 Å². The fourth-order valence-corrected chi connectivity index (χ4v) is 6.82. The number of carbonyl (C=O) groups is 2. The maximum Gasteiger partial charge on any atom is 0.266 e. The summed E-state index contributed by atoms with van der Waals surface area (Å²) in [5.74, 6) is -0.551. The number of aromatic amines is 1. The Labute approximate surface area is 201 Å². The van der Waals surface area contributed by atoms with E-state index in [1.165, 1.54) is 36.4 Å². The number of halogens is 1. The van der Waals surface area contributed by atoms with Crippen LogP contribution in [0.15, 0.2) is 27.6 Å². The maximum absolute atomic E-state index is 13.6. The van der Waals surface area contributed by atoms with Crippen molar-refractivity contribution in [3.8, 4) is 0 Å². The zero-order valence-electron chi connectivity index (χ0n) is 18.3. The molecule has 1 saturated carbocycles. The molecule has 2 heterocycles. The van der Waals surface area contributed by atoms with Gasteiger partial charge < -0.3 is 20.8 Å². The Bertz CT molecular complexity index is 1140. The van der Waals surface area contributed by atoms with Crippen molar-refractivity contribution in [3.63, 3.8) is 0 Å². The van der Waals surface area contributed by atoms with E-state index in [9.17, 15) is 18.0 Å². The van der Waals surface area contributed by atoms with Crippen LogP contribution in [0.4, 0.5) is 0 Å². The van der Waals surface area contributed by atoms with Crippen LogP contribution in [0.5, 0.6) is 0 Å². The molecule has 2 amide bonds. The van der Waals surface area contributed by atoms with Crippen molar-refractivity contribution in [2.75, 3.05) is 26.2 Å². The second-order valence-corrected chi connectivity index (χ2v) is 11.5. The van der Waals surface area contributed by atoms with Crippen LogP contribution in [0.3, 0.4) is 0 Å². The van der Waals surface area contributed by atoms with Crippen molar-refractivity contribution < 1.29 is 22.7 Å². The van der Waals surface area contributed by atoms with Gasteiger partial charge in [-0.15, -0.1) is 0 Å². The fourth-order valence-electron chi connectivity index (χ4n) is 4.70. The van der Waals surface area contributed by atoms with Gasteiger partial charge in [0.1, 0.15) is 16.7 Å². The number of hydrogen-bond acceptors (Lipinski definition) is 5. The van der Waals surface area contributed by atoms with E-state index in [-0.39, 0.29) is 36.2 Å². The monoisotopic (exact) mass is 540 g/mol. The first-order chi connectivity index (χ1) is 15.8. The predicted molar refractivity (Wildman–Crippen MR) is 127 cm³/mol. The van der Waals surface area contributed by atoms with E-state index in [2.05, 4.69) is 26.2 Å². The number of amides is 2. The van der Waals surface area contributed by atoms with Crippen molar-refractivity contribution in [1.29, 1.82) is 0 Å². The lowest BCUT2D eigenvalue weighted by Gasteiger charge is -2.31. The third-order valence-corrected chi connectivity index (χ3v) is 8.90. The molecule has 4 N–H and O–H groups in total. The van der Waals surface area contributed by atoms with Crippen LogP contribution in [-0.4, -0.2) is 61.9 Å². The lowest BCUT2D eigenvalue weighted by molar-refractivity contribution is -0.136. The second kappa shape index (κ2) is 10.1. The van der Waals surface area contributed by atoms with Gasteiger partial charge in [0.2, 0.25) is 10.0 Å². The topological polar surface area (TPSA) is 135 Å². The number of nitrogens with one attached hydrogen (secondary N) is 2. The molecule has 11 heteroatoms. The molecule has 1 atom stereocenters. The quantitative estimate of drug-likeness (QED) is 0.495. The summed E-state index contributed by atoms with van der Waals surface area (Å²) in [5, 5.41) is 3.26. The number of morpholine rings is 1. The minimum Gasteiger partial charge on any atom is -0.366 e. The van der Waals surface area contributed by atoms with Gasteiger partial charge in [-0.3, -0.25) is 9.59 Å². The van der Waals surface area contributed by atoms with Crippen molar-refractivity contribution in [2.24, 2.45) is 11.7 Å². The molecule has 0 radical (unpaired) electrons. The molecule has 4 rings (SSSR count). The van der Waals surface area contributed by atoms with Crippen molar-refractivity contribution in [2.45, 2.75) is 49.5 Å². The highest BCUT2D eigenvalue weighted by Gasteiger charge is 2.37. The maximum atomic E-state index is 13.6. The summed E-state index contributed by atoms with van der Waals surface area (Å²) in [5.41, 5.74) is 5.79. The molecule has 0 spiro atoms. The van der Waals surface area contributed by atoms with E-state index in [4.69, 9.17) is 10.5 Å². The van der Waals surface area contributed by atoms with Crippen molar-refractivity contribution >= 4 is 48.7 Å². The second-order valence-electron chi connectivity index (χ2n) is 8.69. The Balaban J connectivity index is 1.49. The van der Waals surface area contributed by atoms with Gasteiger partial charge in [-0.2, -0.15) is 4.31 Å². The number of H-pyrrole nitrogens is 1. The number of ether oxygens (including phenoxy) is 1. The van der Waals surface area contributed by atoms with Crippen LogP contribution in [-0.2, 0) is 19.6 Å². The first-order valence-corrected chi connectivity index (χ1v) is 13.5. The summed E-state index contributed by atoms with van der Waals surface area (Å²) in [6, 6.07) is 5.04. The van der Waals surface area contributed by atoms with Crippen molar-refractivity contribution in [3.05, 3.63) is 28.4 Å². The van der Waals surface area contributed by atoms with E-state index in [1.807, 2.05) is 0 Å². The molecule has 2 aromatic rings. The third-order valence-electron chi connectivity index (χ3n) is 6.46. The van der Waals surface area contributed by atoms with Crippen molar-refractivity contribution in [1.82, 2.24) is 14.6 Å². The first-order valence-electron chi connectivity index (χ1n) is 11.3. The van der Waals surface area contributed by atoms with Gasteiger partial charge in [-0.1, -0.05) is 48.0 Å². The Hall–Kier alpha value is -1.95. The largest absolute Gasteiger partial charge is 0.366 e.